The van der Waals surface area contributed by atoms with Gasteiger partial charge in [0.15, 0.2) is 0 Å². The van der Waals surface area contributed by atoms with Crippen LogP contribution in [0.15, 0.2) is 23.7 Å². The number of aliphatic hydroxyl groups is 1. The third kappa shape index (κ3) is 2.01. The van der Waals surface area contributed by atoms with E-state index in [4.69, 9.17) is 4.74 Å². The average Bonchev–Trinajstić information content (AvgIpc) is 2.94. The third-order valence-corrected chi connectivity index (χ3v) is 3.95. The predicted octanol–water partition coefficient (Wildman–Crippen LogP) is 1.69. The number of aliphatic hydroxyl groups excluding tert-OH is 1. The van der Waals surface area contributed by atoms with Gasteiger partial charge in [-0.2, -0.15) is 0 Å². The first-order valence-corrected chi connectivity index (χ1v) is 6.46. The predicted molar refractivity (Wildman–Crippen MR) is 65.9 cm³/mol. The van der Waals surface area contributed by atoms with E-state index in [2.05, 4.69) is 9.97 Å². The van der Waals surface area contributed by atoms with E-state index < -0.39 is 0 Å². The minimum atomic E-state index is -0.0924. The van der Waals surface area contributed by atoms with Crippen LogP contribution in [0.2, 0.25) is 0 Å². The summed E-state index contributed by atoms with van der Waals surface area (Å²) in [5, 5.41) is 12.5. The topological polar surface area (TPSA) is 58.1 Å². The van der Waals surface area contributed by atoms with Gasteiger partial charge in [0.2, 0.25) is 0 Å². The van der Waals surface area contributed by atoms with E-state index in [0.717, 1.165) is 22.8 Å². The van der Waals surface area contributed by atoms with Crippen LogP contribution in [0.4, 0.5) is 0 Å². The lowest BCUT2D eigenvalue weighted by atomic mass is 9.84. The molecule has 0 spiro atoms. The summed E-state index contributed by atoms with van der Waals surface area (Å²) in [7, 11) is 0. The van der Waals surface area contributed by atoms with Crippen LogP contribution in [-0.4, -0.2) is 34.9 Å². The molecule has 0 bridgehead atoms. The van der Waals surface area contributed by atoms with Crippen LogP contribution in [0.5, 0.6) is 0 Å². The lowest BCUT2D eigenvalue weighted by Crippen LogP contribution is -2.47. The Morgan fingerprint density at radius 1 is 1.53 bits per heavy atom. The number of ether oxygens (including phenoxy) is 1. The van der Waals surface area contributed by atoms with E-state index in [0.29, 0.717) is 13.2 Å². The normalized spacial score (nSPS) is 17.9. The van der Waals surface area contributed by atoms with Gasteiger partial charge in [-0.3, -0.25) is 0 Å². The molecular formula is C12H14N2O2S. The van der Waals surface area contributed by atoms with Gasteiger partial charge in [0.05, 0.1) is 36.2 Å². The van der Waals surface area contributed by atoms with Crippen LogP contribution < -0.4 is 0 Å². The number of rotatable bonds is 4. The number of hydrogen-bond donors (Lipinski definition) is 2. The number of aromatic amines is 1. The van der Waals surface area contributed by atoms with Crippen LogP contribution in [0.1, 0.15) is 5.01 Å². The van der Waals surface area contributed by atoms with Gasteiger partial charge in [-0.25, -0.2) is 4.98 Å². The molecule has 0 saturated carbocycles. The molecule has 0 radical (unpaired) electrons. The van der Waals surface area contributed by atoms with E-state index in [1.165, 1.54) is 0 Å². The van der Waals surface area contributed by atoms with Crippen molar-refractivity contribution in [2.45, 2.75) is 6.42 Å². The molecule has 3 heterocycles. The SMILES string of the molecule is OCC1(Cc2nc(-c3ccc[nH]3)cs2)COC1. The second kappa shape index (κ2) is 4.25. The molecule has 1 aliphatic heterocycles. The van der Waals surface area contributed by atoms with Crippen molar-refractivity contribution in [2.24, 2.45) is 5.41 Å². The minimum absolute atomic E-state index is 0.0924. The molecule has 0 unspecified atom stereocenters. The lowest BCUT2D eigenvalue weighted by molar-refractivity contribution is -0.136. The van der Waals surface area contributed by atoms with Gasteiger partial charge in [-0.1, -0.05) is 0 Å². The standard InChI is InChI=1S/C12H14N2O2S/c15-6-12(7-16-8-12)4-11-14-10(5-17-11)9-2-1-3-13-9/h1-3,5,13,15H,4,6-8H2. The molecule has 3 rings (SSSR count). The molecule has 5 heteroatoms. The fourth-order valence-electron chi connectivity index (χ4n) is 1.97. The van der Waals surface area contributed by atoms with Crippen molar-refractivity contribution >= 4 is 11.3 Å². The Bertz CT molecular complexity index is 483. The number of hydrogen-bond acceptors (Lipinski definition) is 4. The highest BCUT2D eigenvalue weighted by Gasteiger charge is 2.38. The van der Waals surface area contributed by atoms with Gasteiger partial charge in [-0.15, -0.1) is 11.3 Å². The van der Waals surface area contributed by atoms with Crippen molar-refractivity contribution in [3.8, 4) is 11.4 Å². The molecule has 2 N–H and O–H groups in total. The summed E-state index contributed by atoms with van der Waals surface area (Å²) < 4.78 is 5.19. The number of nitrogens with one attached hydrogen (secondary N) is 1. The van der Waals surface area contributed by atoms with Crippen LogP contribution in [-0.2, 0) is 11.2 Å². The number of nitrogens with zero attached hydrogens (tertiary/aromatic N) is 1. The highest BCUT2D eigenvalue weighted by Crippen LogP contribution is 2.33. The summed E-state index contributed by atoms with van der Waals surface area (Å²) in [5.41, 5.74) is 1.92. The highest BCUT2D eigenvalue weighted by atomic mass is 32.1. The fourth-order valence-corrected chi connectivity index (χ4v) is 2.93. The quantitative estimate of drug-likeness (QED) is 0.868. The van der Waals surface area contributed by atoms with E-state index in [1.807, 2.05) is 23.7 Å². The summed E-state index contributed by atoms with van der Waals surface area (Å²) in [6.45, 7) is 1.45. The second-order valence-corrected chi connectivity index (χ2v) is 5.48. The zero-order valence-electron chi connectivity index (χ0n) is 9.35. The molecule has 90 valence electrons. The molecule has 2 aromatic heterocycles. The van der Waals surface area contributed by atoms with Gasteiger partial charge in [-0.05, 0) is 12.1 Å². The van der Waals surface area contributed by atoms with Crippen molar-refractivity contribution in [3.63, 3.8) is 0 Å². The zero-order valence-corrected chi connectivity index (χ0v) is 10.2. The monoisotopic (exact) mass is 250 g/mol. The third-order valence-electron chi connectivity index (χ3n) is 3.10. The van der Waals surface area contributed by atoms with Gasteiger partial charge in [0.1, 0.15) is 0 Å². The molecule has 0 aromatic carbocycles. The average molecular weight is 250 g/mol. The first-order valence-electron chi connectivity index (χ1n) is 5.58. The van der Waals surface area contributed by atoms with Crippen LogP contribution in [0.3, 0.4) is 0 Å². The Kier molecular flexibility index (Phi) is 2.74. The number of H-pyrrole nitrogens is 1. The van der Waals surface area contributed by atoms with Gasteiger partial charge >= 0.3 is 0 Å². The van der Waals surface area contributed by atoms with E-state index in [-0.39, 0.29) is 12.0 Å². The van der Waals surface area contributed by atoms with Crippen LogP contribution in [0, 0.1) is 5.41 Å². The molecule has 2 aromatic rings. The maximum absolute atomic E-state index is 9.38. The fraction of sp³-hybridized carbons (Fsp3) is 0.417. The Labute approximate surface area is 103 Å². The summed E-state index contributed by atoms with van der Waals surface area (Å²) in [5.74, 6) is 0. The molecule has 1 fully saturated rings. The van der Waals surface area contributed by atoms with Crippen LogP contribution in [0.25, 0.3) is 11.4 Å². The lowest BCUT2D eigenvalue weighted by Gasteiger charge is -2.39. The molecule has 17 heavy (non-hydrogen) atoms. The Hall–Kier alpha value is -1.17. The Morgan fingerprint density at radius 2 is 2.41 bits per heavy atom. The van der Waals surface area contributed by atoms with E-state index in [1.54, 1.807) is 11.3 Å². The molecule has 0 atom stereocenters. The Morgan fingerprint density at radius 3 is 3.00 bits per heavy atom. The first kappa shape index (κ1) is 11.0. The highest BCUT2D eigenvalue weighted by molar-refractivity contribution is 7.09. The van der Waals surface area contributed by atoms with Crippen molar-refractivity contribution < 1.29 is 9.84 Å². The molecular weight excluding hydrogens is 236 g/mol. The summed E-state index contributed by atoms with van der Waals surface area (Å²) >= 11 is 1.64. The number of aromatic nitrogens is 2. The minimum Gasteiger partial charge on any atom is -0.396 e. The van der Waals surface area contributed by atoms with Crippen LogP contribution >= 0.6 is 11.3 Å². The van der Waals surface area contributed by atoms with Crippen molar-refractivity contribution in [1.29, 1.82) is 0 Å². The smallest absolute Gasteiger partial charge is 0.0976 e. The van der Waals surface area contributed by atoms with E-state index in [9.17, 15) is 5.11 Å². The summed E-state index contributed by atoms with van der Waals surface area (Å²) in [6.07, 6.45) is 2.69. The first-order chi connectivity index (χ1) is 8.31. The van der Waals surface area contributed by atoms with Gasteiger partial charge < -0.3 is 14.8 Å². The molecule has 0 aliphatic carbocycles. The zero-order chi connectivity index (χ0) is 11.7. The molecule has 1 aliphatic rings. The number of thiazole rings is 1. The molecule has 1 saturated heterocycles. The summed E-state index contributed by atoms with van der Waals surface area (Å²) in [4.78, 5) is 7.73. The van der Waals surface area contributed by atoms with Crippen molar-refractivity contribution in [3.05, 3.63) is 28.7 Å². The van der Waals surface area contributed by atoms with Crippen molar-refractivity contribution in [2.75, 3.05) is 19.8 Å². The van der Waals surface area contributed by atoms with E-state index >= 15 is 0 Å². The second-order valence-electron chi connectivity index (χ2n) is 4.54. The molecule has 4 nitrogen and oxygen atoms in total. The summed E-state index contributed by atoms with van der Waals surface area (Å²) in [6, 6.07) is 3.97. The van der Waals surface area contributed by atoms with Gasteiger partial charge in [0, 0.05) is 23.4 Å². The maximum Gasteiger partial charge on any atom is 0.0976 e. The molecule has 0 amide bonds. The maximum atomic E-state index is 9.38. The Balaban J connectivity index is 1.77. The largest absolute Gasteiger partial charge is 0.396 e. The van der Waals surface area contributed by atoms with Crippen molar-refractivity contribution in [1.82, 2.24) is 9.97 Å². The van der Waals surface area contributed by atoms with Gasteiger partial charge in [0.25, 0.3) is 0 Å².